The Bertz CT molecular complexity index is 1300. The molecule has 0 spiro atoms. The molecule has 208 valence electrons. The first kappa shape index (κ1) is 27.4. The highest BCUT2D eigenvalue weighted by Gasteiger charge is 2.44. The molecule has 2 heterocycles. The van der Waals surface area contributed by atoms with Gasteiger partial charge in [0.1, 0.15) is 5.69 Å². The number of hydrogen-bond acceptors (Lipinski definition) is 5. The van der Waals surface area contributed by atoms with E-state index in [-0.39, 0.29) is 41.9 Å². The van der Waals surface area contributed by atoms with E-state index in [1.54, 1.807) is 6.07 Å². The second-order valence-corrected chi connectivity index (χ2v) is 11.3. The number of alkyl halides is 3. The zero-order chi connectivity index (χ0) is 27.8. The van der Waals surface area contributed by atoms with Gasteiger partial charge in [-0.3, -0.25) is 19.3 Å². The van der Waals surface area contributed by atoms with Gasteiger partial charge in [-0.2, -0.15) is 13.2 Å². The number of aromatic nitrogens is 1. The van der Waals surface area contributed by atoms with Crippen LogP contribution in [0.1, 0.15) is 63.5 Å². The number of rotatable bonds is 6. The number of pyridine rings is 1. The minimum Gasteiger partial charge on any atom is -0.382 e. The molecule has 0 atom stereocenters. The third-order valence-corrected chi connectivity index (χ3v) is 8.37. The second-order valence-electron chi connectivity index (χ2n) is 10.8. The molecule has 3 aliphatic rings. The molecule has 1 aromatic carbocycles. The van der Waals surface area contributed by atoms with Crippen LogP contribution in [0, 0.1) is 5.41 Å². The highest BCUT2D eigenvalue weighted by molar-refractivity contribution is 6.31. The molecule has 0 unspecified atom stereocenters. The Morgan fingerprint density at radius 3 is 2.28 bits per heavy atom. The maximum atomic E-state index is 13.5. The Kier molecular flexibility index (Phi) is 7.59. The van der Waals surface area contributed by atoms with Crippen LogP contribution in [0.5, 0.6) is 0 Å². The van der Waals surface area contributed by atoms with Gasteiger partial charge < -0.3 is 10.6 Å². The summed E-state index contributed by atoms with van der Waals surface area (Å²) >= 11 is 6.11. The minimum atomic E-state index is -4.58. The summed E-state index contributed by atoms with van der Waals surface area (Å²) in [6.45, 7) is 0.0830. The Morgan fingerprint density at radius 1 is 1.00 bits per heavy atom. The molecule has 0 radical (unpaired) electrons. The standard InChI is InChI=1S/C28H30ClF3N4O3/c29-17-4-9-21-20(14-17)22(15-23(35-21)28(30,31)32)33-18-5-7-19(8-6-18)34-26(39)27(12-2-1-3-13-27)16-36-24(37)10-11-25(36)38/h4,9-11,14-15,18-19H,1-3,5-8,12-13,16H2,(H,33,35)(H,34,39). The van der Waals surface area contributed by atoms with Gasteiger partial charge in [-0.15, -0.1) is 0 Å². The number of anilines is 1. The van der Waals surface area contributed by atoms with Crippen molar-refractivity contribution in [1.82, 2.24) is 15.2 Å². The zero-order valence-electron chi connectivity index (χ0n) is 21.3. The number of carbonyl (C=O) groups excluding carboxylic acids is 3. The number of amides is 3. The van der Waals surface area contributed by atoms with Gasteiger partial charge in [0, 0.05) is 46.9 Å². The summed E-state index contributed by atoms with van der Waals surface area (Å²) in [4.78, 5) is 42.8. The number of halogens is 4. The molecule has 5 rings (SSSR count). The largest absolute Gasteiger partial charge is 0.433 e. The average Bonchev–Trinajstić information content (AvgIpc) is 3.22. The van der Waals surface area contributed by atoms with Crippen molar-refractivity contribution < 1.29 is 27.6 Å². The Morgan fingerprint density at radius 2 is 1.64 bits per heavy atom. The predicted molar refractivity (Wildman–Crippen MR) is 141 cm³/mol. The molecule has 11 heteroatoms. The van der Waals surface area contributed by atoms with Crippen LogP contribution in [0.2, 0.25) is 5.02 Å². The van der Waals surface area contributed by atoms with Crippen molar-refractivity contribution >= 4 is 45.9 Å². The monoisotopic (exact) mass is 562 g/mol. The summed E-state index contributed by atoms with van der Waals surface area (Å²) in [5, 5.41) is 7.36. The molecule has 2 N–H and O–H groups in total. The van der Waals surface area contributed by atoms with Crippen LogP contribution in [0.3, 0.4) is 0 Å². The normalized spacial score (nSPS) is 23.3. The van der Waals surface area contributed by atoms with Crippen molar-refractivity contribution in [1.29, 1.82) is 0 Å². The van der Waals surface area contributed by atoms with E-state index in [1.807, 2.05) is 0 Å². The number of imide groups is 1. The molecule has 0 saturated heterocycles. The van der Waals surface area contributed by atoms with Crippen molar-refractivity contribution in [2.45, 2.75) is 76.0 Å². The van der Waals surface area contributed by atoms with E-state index in [4.69, 9.17) is 11.6 Å². The van der Waals surface area contributed by atoms with Gasteiger partial charge in [0.05, 0.1) is 10.9 Å². The SMILES string of the molecule is O=C1C=CC(=O)N1CC1(C(=O)NC2CCC(Nc3cc(C(F)(F)F)nc4ccc(Cl)cc34)CC2)CCCCC1. The van der Waals surface area contributed by atoms with Gasteiger partial charge in [-0.1, -0.05) is 30.9 Å². The quantitative estimate of drug-likeness (QED) is 0.446. The van der Waals surface area contributed by atoms with E-state index in [0.29, 0.717) is 54.6 Å². The lowest BCUT2D eigenvalue weighted by molar-refractivity contribution is -0.144. The fourth-order valence-corrected chi connectivity index (χ4v) is 6.15. The van der Waals surface area contributed by atoms with E-state index < -0.39 is 17.3 Å². The molecule has 2 aliphatic carbocycles. The maximum Gasteiger partial charge on any atom is 0.433 e. The molecule has 39 heavy (non-hydrogen) atoms. The molecule has 2 aromatic rings. The van der Waals surface area contributed by atoms with Crippen molar-refractivity contribution in [3.05, 3.63) is 47.1 Å². The van der Waals surface area contributed by atoms with Crippen LogP contribution in [-0.2, 0) is 20.6 Å². The first-order chi connectivity index (χ1) is 18.5. The summed E-state index contributed by atoms with van der Waals surface area (Å²) < 4.78 is 40.4. The van der Waals surface area contributed by atoms with Crippen LogP contribution < -0.4 is 10.6 Å². The van der Waals surface area contributed by atoms with Crippen LogP contribution in [0.25, 0.3) is 10.9 Å². The van der Waals surface area contributed by atoms with Crippen LogP contribution in [0.4, 0.5) is 18.9 Å². The maximum absolute atomic E-state index is 13.5. The van der Waals surface area contributed by atoms with E-state index in [2.05, 4.69) is 15.6 Å². The summed E-state index contributed by atoms with van der Waals surface area (Å²) in [6.07, 6.45) is 4.46. The average molecular weight is 563 g/mol. The molecule has 1 aromatic heterocycles. The van der Waals surface area contributed by atoms with Crippen molar-refractivity contribution in [2.75, 3.05) is 11.9 Å². The van der Waals surface area contributed by atoms with E-state index >= 15 is 0 Å². The Hall–Kier alpha value is -3.14. The van der Waals surface area contributed by atoms with Gasteiger partial charge in [0.25, 0.3) is 11.8 Å². The third-order valence-electron chi connectivity index (χ3n) is 8.14. The van der Waals surface area contributed by atoms with E-state index in [0.717, 1.165) is 30.2 Å². The molecule has 0 bridgehead atoms. The van der Waals surface area contributed by atoms with Crippen molar-refractivity contribution in [3.63, 3.8) is 0 Å². The molecule has 2 fully saturated rings. The van der Waals surface area contributed by atoms with Gasteiger partial charge in [-0.25, -0.2) is 4.98 Å². The van der Waals surface area contributed by atoms with Gasteiger partial charge in [0.2, 0.25) is 5.91 Å². The second kappa shape index (κ2) is 10.8. The molecule has 1 aliphatic heterocycles. The zero-order valence-corrected chi connectivity index (χ0v) is 22.1. The summed E-state index contributed by atoms with van der Waals surface area (Å²) in [7, 11) is 0. The summed E-state index contributed by atoms with van der Waals surface area (Å²) in [5.41, 5.74) is -1.23. The lowest BCUT2D eigenvalue weighted by atomic mass is 9.72. The van der Waals surface area contributed by atoms with Crippen molar-refractivity contribution in [3.8, 4) is 0 Å². The van der Waals surface area contributed by atoms with E-state index in [1.165, 1.54) is 24.3 Å². The fourth-order valence-electron chi connectivity index (χ4n) is 5.98. The lowest BCUT2D eigenvalue weighted by Crippen LogP contribution is -2.53. The third kappa shape index (κ3) is 5.90. The number of benzene rings is 1. The number of nitrogens with one attached hydrogen (secondary N) is 2. The first-order valence-electron chi connectivity index (χ1n) is 13.3. The summed E-state index contributed by atoms with van der Waals surface area (Å²) in [5.74, 6) is -0.901. The molecule has 2 saturated carbocycles. The Labute approximate surface area is 229 Å². The molecule has 7 nitrogen and oxygen atoms in total. The van der Waals surface area contributed by atoms with E-state index in [9.17, 15) is 27.6 Å². The van der Waals surface area contributed by atoms with Crippen LogP contribution in [-0.4, -0.2) is 46.2 Å². The predicted octanol–water partition coefficient (Wildman–Crippen LogP) is 5.62. The smallest absolute Gasteiger partial charge is 0.382 e. The lowest BCUT2D eigenvalue weighted by Gasteiger charge is -2.40. The highest BCUT2D eigenvalue weighted by atomic mass is 35.5. The number of carbonyl (C=O) groups is 3. The fraction of sp³-hybridized carbons (Fsp3) is 0.500. The molecular formula is C28H30ClF3N4O3. The number of nitrogens with zero attached hydrogens (tertiary/aromatic N) is 2. The van der Waals surface area contributed by atoms with Crippen LogP contribution >= 0.6 is 11.6 Å². The van der Waals surface area contributed by atoms with Gasteiger partial charge in [-0.05, 0) is 62.8 Å². The Balaban J connectivity index is 1.25. The molecule has 3 amide bonds. The van der Waals surface area contributed by atoms with Crippen molar-refractivity contribution in [2.24, 2.45) is 5.41 Å². The highest BCUT2D eigenvalue weighted by Crippen LogP contribution is 2.39. The number of hydrogen-bond donors (Lipinski definition) is 2. The molecular weight excluding hydrogens is 533 g/mol. The minimum absolute atomic E-state index is 0.0830. The van der Waals surface area contributed by atoms with Gasteiger partial charge >= 0.3 is 6.18 Å². The number of fused-ring (bicyclic) bond motifs is 1. The topological polar surface area (TPSA) is 91.4 Å². The first-order valence-corrected chi connectivity index (χ1v) is 13.7. The van der Waals surface area contributed by atoms with Crippen LogP contribution in [0.15, 0.2) is 36.4 Å². The summed E-state index contributed by atoms with van der Waals surface area (Å²) in [6, 6.07) is 5.44. The van der Waals surface area contributed by atoms with Gasteiger partial charge in [0.15, 0.2) is 0 Å².